The molecule has 2 aliphatic heterocycles. The summed E-state index contributed by atoms with van der Waals surface area (Å²) in [5.74, 6) is 1.60. The van der Waals surface area contributed by atoms with Crippen molar-refractivity contribution < 1.29 is 29.0 Å². The van der Waals surface area contributed by atoms with Crippen molar-refractivity contribution in [2.75, 3.05) is 20.2 Å². The molecule has 378 valence electrons. The van der Waals surface area contributed by atoms with Crippen LogP contribution < -0.4 is 10.6 Å². The molecule has 3 aromatic heterocycles. The van der Waals surface area contributed by atoms with Crippen LogP contribution in [0.4, 0.5) is 9.59 Å². The maximum Gasteiger partial charge on any atom is 0.407 e. The number of methoxy groups -OCH3 is 1. The molecule has 3 fully saturated rings. The Bertz CT molecular complexity index is 2880. The van der Waals surface area contributed by atoms with Crippen LogP contribution in [0.15, 0.2) is 97.3 Å². The van der Waals surface area contributed by atoms with Crippen LogP contribution in [0.1, 0.15) is 135 Å². The molecule has 0 spiro atoms. The molecule has 5 heterocycles. The van der Waals surface area contributed by atoms with Crippen molar-refractivity contribution in [3.8, 4) is 50.7 Å². The lowest BCUT2D eigenvalue weighted by atomic mass is 9.84. The number of imidazole rings is 2. The summed E-state index contributed by atoms with van der Waals surface area (Å²) in [6.07, 6.45) is 11.2. The van der Waals surface area contributed by atoms with E-state index in [1.807, 2.05) is 58.8 Å². The van der Waals surface area contributed by atoms with Crippen molar-refractivity contribution in [1.82, 2.24) is 44.9 Å². The Labute approximate surface area is 422 Å². The molecule has 15 heteroatoms. The molecule has 3 aromatic carbocycles. The van der Waals surface area contributed by atoms with E-state index in [1.165, 1.54) is 44.8 Å². The van der Waals surface area contributed by atoms with Crippen LogP contribution in [0, 0.1) is 10.8 Å². The molecule has 0 radical (unpaired) electrons. The van der Waals surface area contributed by atoms with E-state index in [-0.39, 0.29) is 23.9 Å². The van der Waals surface area contributed by atoms with Gasteiger partial charge in [-0.1, -0.05) is 121 Å². The summed E-state index contributed by atoms with van der Waals surface area (Å²) >= 11 is 0. The monoisotopic (exact) mass is 976 g/mol. The molecule has 3 aliphatic rings. The predicted octanol–water partition coefficient (Wildman–Crippen LogP) is 11.4. The number of aromatic nitrogens is 5. The van der Waals surface area contributed by atoms with Gasteiger partial charge in [0.05, 0.1) is 54.4 Å². The van der Waals surface area contributed by atoms with Crippen LogP contribution in [-0.4, -0.2) is 95.7 Å². The first-order chi connectivity index (χ1) is 34.5. The third kappa shape index (κ3) is 10.4. The molecule has 4 amide bonds. The molecule has 0 unspecified atom stereocenters. The lowest BCUT2D eigenvalue weighted by Crippen LogP contribution is -2.54. The van der Waals surface area contributed by atoms with E-state index in [0.717, 1.165) is 76.4 Å². The second kappa shape index (κ2) is 20.5. The zero-order valence-electron chi connectivity index (χ0n) is 42.6. The zero-order chi connectivity index (χ0) is 50.9. The standard InChI is InChI=1S/C57H69N9O6/c1-56(2,3)48(62-54(69)70)52(67)64-31-11-15-46(64)50-58-33-42(60-50)37-17-21-39(22-18-37)44-29-30-45(66(44)41-27-25-36(26-28-41)35-13-9-8-10-14-35)40-23-19-38(20-24-40)43-34-59-51(61-43)47-16-12-32-65(47)53(68)49(57(4,5)6)63-55(71)72-7/h17-30,33-35,46-49,62H,8-16,31-32H2,1-7H3,(H,58,60)(H,59,61)(H,63,71)(H,69,70)/t46-,47-,48+,49+/m0/s1. The highest BCUT2D eigenvalue weighted by Gasteiger charge is 2.42. The lowest BCUT2D eigenvalue weighted by molar-refractivity contribution is -0.137. The van der Waals surface area contributed by atoms with Gasteiger partial charge in [-0.3, -0.25) is 9.59 Å². The smallest absolute Gasteiger partial charge is 0.407 e. The molecule has 5 N–H and O–H groups in total. The summed E-state index contributed by atoms with van der Waals surface area (Å²) in [5, 5.41) is 14.8. The van der Waals surface area contributed by atoms with Gasteiger partial charge in [0, 0.05) is 18.8 Å². The summed E-state index contributed by atoms with van der Waals surface area (Å²) in [6.45, 7) is 12.5. The van der Waals surface area contributed by atoms with Crippen molar-refractivity contribution in [3.63, 3.8) is 0 Å². The zero-order valence-corrected chi connectivity index (χ0v) is 42.6. The van der Waals surface area contributed by atoms with Crippen molar-refractivity contribution in [1.29, 1.82) is 0 Å². The average molecular weight is 976 g/mol. The first-order valence-corrected chi connectivity index (χ1v) is 25.6. The first kappa shape index (κ1) is 49.8. The summed E-state index contributed by atoms with van der Waals surface area (Å²) in [7, 11) is 1.30. The molecule has 4 atom stereocenters. The SMILES string of the molecule is COC(=O)N[C@H](C(=O)N1CCC[C@H]1c1ncc(-c2ccc(-c3ccc(-c4ccc(-c5cnc([C@@H]6CCCN6C(=O)[C@@H](NC(=O)O)C(C)(C)C)[nH]5)cc4)n3-c3ccc(C4CCCCC4)cc3)cc2)[nH]1)C(C)(C)C. The van der Waals surface area contributed by atoms with Gasteiger partial charge in [0.1, 0.15) is 23.7 Å². The maximum atomic E-state index is 14.0. The largest absolute Gasteiger partial charge is 0.465 e. The maximum absolute atomic E-state index is 14.0. The Balaban J connectivity index is 0.973. The minimum Gasteiger partial charge on any atom is -0.465 e. The Morgan fingerprint density at radius 2 is 1.04 bits per heavy atom. The fraction of sp³-hybridized carbons (Fsp3) is 0.439. The highest BCUT2D eigenvalue weighted by molar-refractivity contribution is 5.88. The summed E-state index contributed by atoms with van der Waals surface area (Å²) in [6, 6.07) is 28.3. The van der Waals surface area contributed by atoms with Gasteiger partial charge in [-0.25, -0.2) is 19.6 Å². The van der Waals surface area contributed by atoms with Crippen molar-refractivity contribution in [2.24, 2.45) is 10.8 Å². The quantitative estimate of drug-likeness (QED) is 0.0800. The van der Waals surface area contributed by atoms with Crippen LogP contribution in [0.5, 0.6) is 0 Å². The molecule has 6 aromatic rings. The minimum absolute atomic E-state index is 0.154. The molecule has 15 nitrogen and oxygen atoms in total. The Kier molecular flexibility index (Phi) is 14.2. The van der Waals surface area contributed by atoms with Crippen molar-refractivity contribution in [2.45, 2.75) is 129 Å². The van der Waals surface area contributed by atoms with E-state index in [9.17, 15) is 24.3 Å². The molecule has 1 saturated carbocycles. The number of rotatable bonds is 12. The van der Waals surface area contributed by atoms with Crippen LogP contribution in [0.3, 0.4) is 0 Å². The topological polar surface area (TPSA) is 191 Å². The average Bonchev–Trinajstić information content (AvgIpc) is 4.24. The molecular weight excluding hydrogens is 907 g/mol. The number of benzene rings is 3. The summed E-state index contributed by atoms with van der Waals surface area (Å²) in [5.41, 5.74) is 9.13. The first-order valence-electron chi connectivity index (χ1n) is 25.6. The van der Waals surface area contributed by atoms with Crippen LogP contribution in [-0.2, 0) is 14.3 Å². The third-order valence-corrected chi connectivity index (χ3v) is 14.9. The number of carbonyl (C=O) groups is 4. The number of likely N-dealkylation sites (tertiary alicyclic amines) is 2. The van der Waals surface area contributed by atoms with Crippen molar-refractivity contribution >= 4 is 24.0 Å². The Hall–Kier alpha value is -7.16. The molecule has 2 saturated heterocycles. The number of amides is 4. The van der Waals surface area contributed by atoms with E-state index >= 15 is 0 Å². The fourth-order valence-electron chi connectivity index (χ4n) is 11.0. The number of carbonyl (C=O) groups excluding carboxylic acids is 3. The van der Waals surface area contributed by atoms with E-state index in [0.29, 0.717) is 30.7 Å². The van der Waals surface area contributed by atoms with Gasteiger partial charge in [-0.05, 0) is 107 Å². The fourth-order valence-corrected chi connectivity index (χ4v) is 11.0. The van der Waals surface area contributed by atoms with E-state index in [4.69, 9.17) is 14.7 Å². The molecule has 72 heavy (non-hydrogen) atoms. The third-order valence-electron chi connectivity index (χ3n) is 14.9. The van der Waals surface area contributed by atoms with Crippen LogP contribution >= 0.6 is 0 Å². The molecule has 9 rings (SSSR count). The molecular formula is C57H69N9O6. The van der Waals surface area contributed by atoms with Gasteiger partial charge >= 0.3 is 12.2 Å². The number of aromatic amines is 2. The number of carboxylic acid groups (broad SMARTS) is 1. The second-order valence-electron chi connectivity index (χ2n) is 21.9. The lowest BCUT2D eigenvalue weighted by Gasteiger charge is -2.35. The van der Waals surface area contributed by atoms with Crippen LogP contribution in [0.2, 0.25) is 0 Å². The van der Waals surface area contributed by atoms with E-state index in [2.05, 4.69) is 110 Å². The number of nitrogens with zero attached hydrogens (tertiary/aromatic N) is 5. The second-order valence-corrected chi connectivity index (χ2v) is 21.9. The van der Waals surface area contributed by atoms with Crippen LogP contribution in [0.25, 0.3) is 50.7 Å². The number of hydrogen-bond acceptors (Lipinski definition) is 7. The summed E-state index contributed by atoms with van der Waals surface area (Å²) < 4.78 is 7.19. The van der Waals surface area contributed by atoms with Gasteiger partial charge in [-0.15, -0.1) is 0 Å². The van der Waals surface area contributed by atoms with Crippen molar-refractivity contribution in [3.05, 3.63) is 115 Å². The van der Waals surface area contributed by atoms with Gasteiger partial charge < -0.3 is 44.8 Å². The number of ether oxygens (including phenoxy) is 1. The summed E-state index contributed by atoms with van der Waals surface area (Å²) in [4.78, 5) is 71.9. The molecule has 0 bridgehead atoms. The number of hydrogen-bond donors (Lipinski definition) is 5. The number of alkyl carbamates (subject to hydrolysis) is 1. The van der Waals surface area contributed by atoms with E-state index < -0.39 is 35.1 Å². The Morgan fingerprint density at radius 1 is 0.597 bits per heavy atom. The molecule has 1 aliphatic carbocycles. The van der Waals surface area contributed by atoms with Gasteiger partial charge in [-0.2, -0.15) is 0 Å². The normalized spacial score (nSPS) is 18.5. The van der Waals surface area contributed by atoms with Gasteiger partial charge in [0.15, 0.2) is 0 Å². The van der Waals surface area contributed by atoms with Gasteiger partial charge in [0.25, 0.3) is 0 Å². The predicted molar refractivity (Wildman–Crippen MR) is 278 cm³/mol. The van der Waals surface area contributed by atoms with Gasteiger partial charge in [0.2, 0.25) is 11.8 Å². The van der Waals surface area contributed by atoms with E-state index in [1.54, 1.807) is 4.90 Å². The number of H-pyrrole nitrogens is 2. The number of nitrogens with one attached hydrogen (secondary N) is 4. The highest BCUT2D eigenvalue weighted by atomic mass is 16.5. The highest BCUT2D eigenvalue weighted by Crippen LogP contribution is 2.39. The minimum atomic E-state index is -1.22. The Morgan fingerprint density at radius 3 is 1.47 bits per heavy atom.